The lowest BCUT2D eigenvalue weighted by molar-refractivity contribution is -0.124. The smallest absolute Gasteiger partial charge is 0.242 e. The zero-order valence-corrected chi connectivity index (χ0v) is 11.9. The van der Waals surface area contributed by atoms with Gasteiger partial charge in [0.05, 0.1) is 0 Å². The molecule has 108 valence electrons. The van der Waals surface area contributed by atoms with Crippen LogP contribution in [0.4, 0.5) is 5.69 Å². The van der Waals surface area contributed by atoms with Crippen molar-refractivity contribution in [3.8, 4) is 0 Å². The van der Waals surface area contributed by atoms with E-state index in [-0.39, 0.29) is 18.4 Å². The third-order valence-electron chi connectivity index (χ3n) is 3.44. The van der Waals surface area contributed by atoms with E-state index in [1.54, 1.807) is 13.8 Å². The molecule has 0 saturated carbocycles. The number of primary amides is 1. The molecule has 0 fully saturated rings. The molecule has 1 aromatic rings. The number of benzene rings is 1. The first-order valence-electron chi connectivity index (χ1n) is 6.82. The quantitative estimate of drug-likeness (QED) is 0.771. The van der Waals surface area contributed by atoms with Crippen LogP contribution in [0.2, 0.25) is 0 Å². The van der Waals surface area contributed by atoms with Crippen LogP contribution >= 0.6 is 0 Å². The van der Waals surface area contributed by atoms with Crippen molar-refractivity contribution in [1.29, 1.82) is 0 Å². The largest absolute Gasteiger partial charge is 0.373 e. The summed E-state index contributed by atoms with van der Waals surface area (Å²) in [6, 6.07) is 7.72. The van der Waals surface area contributed by atoms with E-state index in [4.69, 9.17) is 5.73 Å². The maximum Gasteiger partial charge on any atom is 0.242 e. The zero-order chi connectivity index (χ0) is 14.8. The van der Waals surface area contributed by atoms with E-state index in [1.807, 2.05) is 18.2 Å². The van der Waals surface area contributed by atoms with Crippen molar-refractivity contribution in [2.24, 2.45) is 5.73 Å². The molecule has 1 unspecified atom stereocenters. The first-order chi connectivity index (χ1) is 9.37. The molecule has 0 radical (unpaired) electrons. The minimum absolute atomic E-state index is 0.0919. The summed E-state index contributed by atoms with van der Waals surface area (Å²) in [6.07, 6.45) is 1.75. The van der Waals surface area contributed by atoms with Gasteiger partial charge in [0.15, 0.2) is 0 Å². The molecule has 0 bridgehead atoms. The molecule has 20 heavy (non-hydrogen) atoms. The summed E-state index contributed by atoms with van der Waals surface area (Å²) in [5, 5.41) is 6.13. The number of carbonyl (C=O) groups excluding carboxylic acids is 2. The van der Waals surface area contributed by atoms with E-state index in [0.717, 1.165) is 18.5 Å². The lowest BCUT2D eigenvalue weighted by Crippen LogP contribution is -2.52. The Balaban J connectivity index is 2.00. The third-order valence-corrected chi connectivity index (χ3v) is 3.44. The number of fused-ring (bicyclic) bond motifs is 1. The van der Waals surface area contributed by atoms with Crippen molar-refractivity contribution in [3.05, 3.63) is 29.8 Å². The maximum absolute atomic E-state index is 12.3. The first-order valence-corrected chi connectivity index (χ1v) is 6.82. The number of carbonyl (C=O) groups is 2. The summed E-state index contributed by atoms with van der Waals surface area (Å²) in [7, 11) is 0. The standard InChI is InChI=1S/C15H21N3O2/c1-15(2,9-13(16)19)18-14(20)12-8-7-10-5-3-4-6-11(10)17-12/h3-6,12,17H,7-9H2,1-2H3,(H2,16,19)(H,18,20). The van der Waals surface area contributed by atoms with Gasteiger partial charge >= 0.3 is 0 Å². The number of hydrogen-bond acceptors (Lipinski definition) is 3. The number of hydrogen-bond donors (Lipinski definition) is 3. The van der Waals surface area contributed by atoms with Crippen molar-refractivity contribution in [2.75, 3.05) is 5.32 Å². The molecule has 2 amide bonds. The van der Waals surface area contributed by atoms with Crippen molar-refractivity contribution < 1.29 is 9.59 Å². The molecular formula is C15H21N3O2. The van der Waals surface area contributed by atoms with Gasteiger partial charge in [-0.15, -0.1) is 0 Å². The SMILES string of the molecule is CC(C)(CC(N)=O)NC(=O)C1CCc2ccccc2N1. The van der Waals surface area contributed by atoms with Gasteiger partial charge in [0, 0.05) is 17.6 Å². The molecule has 1 heterocycles. The summed E-state index contributed by atoms with van der Waals surface area (Å²) in [4.78, 5) is 23.3. The van der Waals surface area contributed by atoms with Crippen molar-refractivity contribution in [2.45, 2.75) is 44.7 Å². The number of amides is 2. The molecule has 1 aliphatic rings. The Hall–Kier alpha value is -2.04. The highest BCUT2D eigenvalue weighted by molar-refractivity contribution is 5.87. The Morgan fingerprint density at radius 2 is 2.10 bits per heavy atom. The fourth-order valence-electron chi connectivity index (χ4n) is 2.54. The topological polar surface area (TPSA) is 84.2 Å². The van der Waals surface area contributed by atoms with Crippen molar-refractivity contribution >= 4 is 17.5 Å². The summed E-state index contributed by atoms with van der Waals surface area (Å²) in [6.45, 7) is 3.60. The second-order valence-corrected chi connectivity index (χ2v) is 5.91. The number of rotatable bonds is 4. The van der Waals surface area contributed by atoms with E-state index < -0.39 is 11.4 Å². The van der Waals surface area contributed by atoms with Gasteiger partial charge in [0.2, 0.25) is 11.8 Å². The van der Waals surface area contributed by atoms with Crippen LogP contribution in [0.1, 0.15) is 32.3 Å². The highest BCUT2D eigenvalue weighted by Crippen LogP contribution is 2.24. The van der Waals surface area contributed by atoms with Crippen LogP contribution < -0.4 is 16.4 Å². The van der Waals surface area contributed by atoms with Gasteiger partial charge in [-0.05, 0) is 38.3 Å². The van der Waals surface area contributed by atoms with E-state index in [2.05, 4.69) is 16.7 Å². The van der Waals surface area contributed by atoms with Crippen molar-refractivity contribution in [3.63, 3.8) is 0 Å². The van der Waals surface area contributed by atoms with Crippen LogP contribution in [-0.4, -0.2) is 23.4 Å². The summed E-state index contributed by atoms with van der Waals surface area (Å²) >= 11 is 0. The summed E-state index contributed by atoms with van der Waals surface area (Å²) in [5.41, 5.74) is 6.80. The average molecular weight is 275 g/mol. The van der Waals surface area contributed by atoms with Crippen LogP contribution in [0, 0.1) is 0 Å². The summed E-state index contributed by atoms with van der Waals surface area (Å²) in [5.74, 6) is -0.511. The lowest BCUT2D eigenvalue weighted by Gasteiger charge is -2.31. The molecule has 5 nitrogen and oxygen atoms in total. The van der Waals surface area contributed by atoms with E-state index >= 15 is 0 Å². The Bertz CT molecular complexity index is 526. The lowest BCUT2D eigenvalue weighted by atomic mass is 9.95. The number of aryl methyl sites for hydroxylation is 1. The van der Waals surface area contributed by atoms with Crippen molar-refractivity contribution in [1.82, 2.24) is 5.32 Å². The van der Waals surface area contributed by atoms with Gasteiger partial charge < -0.3 is 16.4 Å². The predicted molar refractivity (Wildman–Crippen MR) is 78.2 cm³/mol. The molecule has 1 aliphatic heterocycles. The Morgan fingerprint density at radius 3 is 2.80 bits per heavy atom. The van der Waals surface area contributed by atoms with E-state index in [0.29, 0.717) is 0 Å². The van der Waals surface area contributed by atoms with Gasteiger partial charge in [-0.25, -0.2) is 0 Å². The fraction of sp³-hybridized carbons (Fsp3) is 0.467. The highest BCUT2D eigenvalue weighted by Gasteiger charge is 2.29. The Labute approximate surface area is 118 Å². The van der Waals surface area contributed by atoms with E-state index in [9.17, 15) is 9.59 Å². The van der Waals surface area contributed by atoms with Gasteiger partial charge in [0.25, 0.3) is 0 Å². The van der Waals surface area contributed by atoms with Crippen LogP contribution in [0.25, 0.3) is 0 Å². The molecular weight excluding hydrogens is 254 g/mol. The molecule has 2 rings (SSSR count). The minimum atomic E-state index is -0.623. The van der Waals surface area contributed by atoms with Crippen LogP contribution in [0.15, 0.2) is 24.3 Å². The van der Waals surface area contributed by atoms with Gasteiger partial charge in [-0.2, -0.15) is 0 Å². The molecule has 5 heteroatoms. The fourth-order valence-corrected chi connectivity index (χ4v) is 2.54. The molecule has 0 saturated heterocycles. The van der Waals surface area contributed by atoms with Crippen LogP contribution in [0.3, 0.4) is 0 Å². The summed E-state index contributed by atoms with van der Waals surface area (Å²) < 4.78 is 0. The first kappa shape index (κ1) is 14.4. The second kappa shape index (κ2) is 5.53. The minimum Gasteiger partial charge on any atom is -0.373 e. The molecule has 1 atom stereocenters. The molecule has 0 spiro atoms. The monoisotopic (exact) mass is 275 g/mol. The Kier molecular flexibility index (Phi) is 3.97. The van der Waals surface area contributed by atoms with Crippen LogP contribution in [-0.2, 0) is 16.0 Å². The second-order valence-electron chi connectivity index (χ2n) is 5.91. The van der Waals surface area contributed by atoms with Gasteiger partial charge in [0.1, 0.15) is 6.04 Å². The van der Waals surface area contributed by atoms with Crippen LogP contribution in [0.5, 0.6) is 0 Å². The van der Waals surface area contributed by atoms with Gasteiger partial charge in [-0.1, -0.05) is 18.2 Å². The predicted octanol–water partition coefficient (Wildman–Crippen LogP) is 1.18. The number of nitrogens with one attached hydrogen (secondary N) is 2. The molecule has 4 N–H and O–H groups in total. The number of nitrogens with two attached hydrogens (primary N) is 1. The average Bonchev–Trinajstić information content (AvgIpc) is 2.36. The highest BCUT2D eigenvalue weighted by atomic mass is 16.2. The third kappa shape index (κ3) is 3.50. The van der Waals surface area contributed by atoms with E-state index in [1.165, 1.54) is 5.56 Å². The number of anilines is 1. The normalized spacial score (nSPS) is 17.8. The Morgan fingerprint density at radius 1 is 1.40 bits per heavy atom. The molecule has 1 aromatic carbocycles. The molecule has 0 aliphatic carbocycles. The zero-order valence-electron chi connectivity index (χ0n) is 11.9. The number of para-hydroxylation sites is 1. The van der Waals surface area contributed by atoms with Gasteiger partial charge in [-0.3, -0.25) is 9.59 Å². The maximum atomic E-state index is 12.3. The molecule has 0 aromatic heterocycles.